The summed E-state index contributed by atoms with van der Waals surface area (Å²) in [5, 5.41) is 9.78. The number of pyridine rings is 1. The van der Waals surface area contributed by atoms with E-state index >= 15 is 0 Å². The van der Waals surface area contributed by atoms with Crippen molar-refractivity contribution in [3.63, 3.8) is 0 Å². The summed E-state index contributed by atoms with van der Waals surface area (Å²) in [4.78, 5) is 11.5. The fraction of sp³-hybridized carbons (Fsp3) is 0.0833. The molecule has 0 fully saturated rings. The fourth-order valence-corrected chi connectivity index (χ4v) is 1.54. The third-order valence-corrected chi connectivity index (χ3v) is 2.50. The van der Waals surface area contributed by atoms with Gasteiger partial charge in [0.2, 0.25) is 0 Å². The van der Waals surface area contributed by atoms with Crippen LogP contribution in [0, 0.1) is 0 Å². The van der Waals surface area contributed by atoms with Gasteiger partial charge in [-0.05, 0) is 23.8 Å². The second-order valence-corrected chi connectivity index (χ2v) is 3.91. The molecule has 0 aliphatic heterocycles. The number of hydrogen-bond acceptors (Lipinski definition) is 2. The van der Waals surface area contributed by atoms with Gasteiger partial charge in [0.15, 0.2) is 0 Å². The highest BCUT2D eigenvalue weighted by atomic mass is 35.5. The monoisotopic (exact) mass is 235 g/mol. The van der Waals surface area contributed by atoms with Crippen molar-refractivity contribution in [1.82, 2.24) is 4.57 Å². The molecule has 0 saturated heterocycles. The molecule has 0 aliphatic rings. The maximum absolute atomic E-state index is 11.5. The number of nitrogens with zero attached hydrogens (tertiary/aromatic N) is 1. The first kappa shape index (κ1) is 10.8. The Bertz CT molecular complexity index is 546. The molecular weight excluding hydrogens is 226 g/mol. The Labute approximate surface area is 97.5 Å². The molecule has 1 aromatic carbocycles. The number of rotatable bonds is 2. The van der Waals surface area contributed by atoms with Crippen molar-refractivity contribution in [3.05, 3.63) is 63.5 Å². The van der Waals surface area contributed by atoms with E-state index in [1.807, 2.05) is 12.1 Å². The van der Waals surface area contributed by atoms with E-state index in [-0.39, 0.29) is 11.3 Å². The maximum Gasteiger partial charge on any atom is 0.254 e. The minimum absolute atomic E-state index is 0.0163. The van der Waals surface area contributed by atoms with Crippen LogP contribution in [0.5, 0.6) is 5.75 Å². The molecule has 2 rings (SSSR count). The molecule has 1 N–H and O–H groups in total. The van der Waals surface area contributed by atoms with E-state index in [2.05, 4.69) is 0 Å². The van der Waals surface area contributed by atoms with E-state index in [0.29, 0.717) is 11.6 Å². The summed E-state index contributed by atoms with van der Waals surface area (Å²) in [7, 11) is 0. The smallest absolute Gasteiger partial charge is 0.254 e. The SMILES string of the molecule is O=c1cc(O)ccn1Cc1ccc(Cl)cc1. The molecule has 0 atom stereocenters. The average molecular weight is 236 g/mol. The minimum Gasteiger partial charge on any atom is -0.508 e. The molecular formula is C12H10ClNO2. The van der Waals surface area contributed by atoms with Crippen LogP contribution in [-0.2, 0) is 6.54 Å². The van der Waals surface area contributed by atoms with Crippen LogP contribution in [-0.4, -0.2) is 9.67 Å². The van der Waals surface area contributed by atoms with Crippen LogP contribution < -0.4 is 5.56 Å². The maximum atomic E-state index is 11.5. The normalized spacial score (nSPS) is 10.3. The molecule has 4 heteroatoms. The van der Waals surface area contributed by atoms with Crippen LogP contribution in [0.2, 0.25) is 5.02 Å². The van der Waals surface area contributed by atoms with Crippen molar-refractivity contribution in [1.29, 1.82) is 0 Å². The average Bonchev–Trinajstić information content (AvgIpc) is 2.25. The van der Waals surface area contributed by atoms with E-state index in [1.165, 1.54) is 16.7 Å². The van der Waals surface area contributed by atoms with Gasteiger partial charge in [-0.2, -0.15) is 0 Å². The molecule has 3 nitrogen and oxygen atoms in total. The van der Waals surface area contributed by atoms with Gasteiger partial charge < -0.3 is 9.67 Å². The topological polar surface area (TPSA) is 42.2 Å². The number of halogens is 1. The van der Waals surface area contributed by atoms with Crippen molar-refractivity contribution in [2.75, 3.05) is 0 Å². The zero-order valence-corrected chi connectivity index (χ0v) is 9.19. The Morgan fingerprint density at radius 2 is 1.88 bits per heavy atom. The highest BCUT2D eigenvalue weighted by molar-refractivity contribution is 6.30. The van der Waals surface area contributed by atoms with Crippen LogP contribution in [0.25, 0.3) is 0 Å². The van der Waals surface area contributed by atoms with Gasteiger partial charge >= 0.3 is 0 Å². The molecule has 82 valence electrons. The lowest BCUT2D eigenvalue weighted by molar-refractivity contribution is 0.471. The molecule has 0 amide bonds. The molecule has 0 radical (unpaired) electrons. The lowest BCUT2D eigenvalue weighted by Crippen LogP contribution is -2.18. The summed E-state index contributed by atoms with van der Waals surface area (Å²) in [5.74, 6) is -0.0163. The number of aromatic nitrogens is 1. The van der Waals surface area contributed by atoms with Crippen LogP contribution in [0.15, 0.2) is 47.4 Å². The van der Waals surface area contributed by atoms with Gasteiger partial charge in [0.25, 0.3) is 5.56 Å². The molecule has 0 unspecified atom stereocenters. The summed E-state index contributed by atoms with van der Waals surface area (Å²) < 4.78 is 1.52. The van der Waals surface area contributed by atoms with Gasteiger partial charge in [-0.15, -0.1) is 0 Å². The quantitative estimate of drug-likeness (QED) is 0.868. The zero-order valence-electron chi connectivity index (χ0n) is 8.43. The summed E-state index contributed by atoms with van der Waals surface area (Å²) in [5.41, 5.74) is 0.757. The minimum atomic E-state index is -0.227. The number of aromatic hydroxyl groups is 1. The van der Waals surface area contributed by atoms with Crippen LogP contribution in [0.4, 0.5) is 0 Å². The van der Waals surface area contributed by atoms with Gasteiger partial charge in [0, 0.05) is 17.3 Å². The molecule has 1 heterocycles. The lowest BCUT2D eigenvalue weighted by Gasteiger charge is -2.05. The van der Waals surface area contributed by atoms with E-state index in [4.69, 9.17) is 16.7 Å². The number of benzene rings is 1. The first-order chi connectivity index (χ1) is 7.65. The van der Waals surface area contributed by atoms with Gasteiger partial charge in [0.1, 0.15) is 5.75 Å². The summed E-state index contributed by atoms with van der Waals surface area (Å²) >= 11 is 5.77. The van der Waals surface area contributed by atoms with Gasteiger partial charge in [0.05, 0.1) is 6.54 Å². The Morgan fingerprint density at radius 3 is 2.50 bits per heavy atom. The molecule has 0 spiro atoms. The third-order valence-electron chi connectivity index (χ3n) is 2.25. The van der Waals surface area contributed by atoms with Gasteiger partial charge in [-0.3, -0.25) is 4.79 Å². The highest BCUT2D eigenvalue weighted by Gasteiger charge is 1.99. The molecule has 0 bridgehead atoms. The predicted octanol–water partition coefficient (Wildman–Crippen LogP) is 2.26. The molecule has 0 aliphatic carbocycles. The lowest BCUT2D eigenvalue weighted by atomic mass is 10.2. The molecule has 2 aromatic rings. The predicted molar refractivity (Wildman–Crippen MR) is 62.9 cm³/mol. The molecule has 0 saturated carbocycles. The van der Waals surface area contributed by atoms with Crippen molar-refractivity contribution in [3.8, 4) is 5.75 Å². The Hall–Kier alpha value is -1.74. The van der Waals surface area contributed by atoms with Gasteiger partial charge in [-0.25, -0.2) is 0 Å². The van der Waals surface area contributed by atoms with Crippen LogP contribution in [0.1, 0.15) is 5.56 Å². The van der Waals surface area contributed by atoms with Crippen molar-refractivity contribution < 1.29 is 5.11 Å². The summed E-state index contributed by atoms with van der Waals surface area (Å²) in [6, 6.07) is 9.96. The Morgan fingerprint density at radius 1 is 1.19 bits per heavy atom. The first-order valence-electron chi connectivity index (χ1n) is 4.79. The summed E-state index contributed by atoms with van der Waals surface area (Å²) in [6.45, 7) is 0.469. The van der Waals surface area contributed by atoms with Crippen molar-refractivity contribution in [2.24, 2.45) is 0 Å². The largest absolute Gasteiger partial charge is 0.508 e. The van der Waals surface area contributed by atoms with Crippen molar-refractivity contribution >= 4 is 11.6 Å². The van der Waals surface area contributed by atoms with Crippen molar-refractivity contribution in [2.45, 2.75) is 6.54 Å². The van der Waals surface area contributed by atoms with Crippen LogP contribution >= 0.6 is 11.6 Å². The Kier molecular flexibility index (Phi) is 2.97. The van der Waals surface area contributed by atoms with E-state index in [1.54, 1.807) is 18.3 Å². The van der Waals surface area contributed by atoms with E-state index in [9.17, 15) is 4.79 Å². The fourth-order valence-electron chi connectivity index (χ4n) is 1.41. The molecule has 1 aromatic heterocycles. The third kappa shape index (κ3) is 2.44. The molecule has 16 heavy (non-hydrogen) atoms. The first-order valence-corrected chi connectivity index (χ1v) is 5.17. The van der Waals surface area contributed by atoms with Gasteiger partial charge in [-0.1, -0.05) is 23.7 Å². The van der Waals surface area contributed by atoms with Crippen LogP contribution in [0.3, 0.4) is 0 Å². The number of hydrogen-bond donors (Lipinski definition) is 1. The van der Waals surface area contributed by atoms with E-state index in [0.717, 1.165) is 5.56 Å². The summed E-state index contributed by atoms with van der Waals surface area (Å²) in [6.07, 6.45) is 1.56. The second kappa shape index (κ2) is 4.41. The standard InChI is InChI=1S/C12H10ClNO2/c13-10-3-1-9(2-4-10)8-14-6-5-11(15)7-12(14)16/h1-7,15H,8H2. The van der Waals surface area contributed by atoms with E-state index < -0.39 is 0 Å². The second-order valence-electron chi connectivity index (χ2n) is 3.48. The highest BCUT2D eigenvalue weighted by Crippen LogP contribution is 2.10. The Balaban J connectivity index is 2.27. The zero-order chi connectivity index (χ0) is 11.5.